The van der Waals surface area contributed by atoms with Gasteiger partial charge in [0.2, 0.25) is 0 Å². The second kappa shape index (κ2) is 6.71. The number of hydrogen-bond acceptors (Lipinski definition) is 4. The number of nitrogens with one attached hydrogen (secondary N) is 1. The zero-order valence-corrected chi connectivity index (χ0v) is 13.9. The highest BCUT2D eigenvalue weighted by Crippen LogP contribution is 2.43. The quantitative estimate of drug-likeness (QED) is 0.626. The maximum absolute atomic E-state index is 12.3. The molecule has 0 saturated heterocycles. The monoisotopic (exact) mass is 345 g/mol. The molecule has 1 aliphatic carbocycles. The van der Waals surface area contributed by atoms with Crippen LogP contribution in [0.4, 0.5) is 5.69 Å². The lowest BCUT2D eigenvalue weighted by Gasteiger charge is -2.17. The molecule has 2 aromatic rings. The third-order valence-electron chi connectivity index (χ3n) is 4.36. The molecule has 0 atom stereocenters. The zero-order chi connectivity index (χ0) is 17.3. The van der Waals surface area contributed by atoms with Crippen LogP contribution in [0.3, 0.4) is 0 Å². The highest BCUT2D eigenvalue weighted by atomic mass is 35.5. The summed E-state index contributed by atoms with van der Waals surface area (Å²) in [5.41, 5.74) is 16.1. The lowest BCUT2D eigenvalue weighted by atomic mass is 9.96. The lowest BCUT2D eigenvalue weighted by molar-refractivity contribution is 0.0950. The second-order valence-corrected chi connectivity index (χ2v) is 6.44. The Balaban J connectivity index is 1.82. The molecule has 0 bridgehead atoms. The molecule has 6 heteroatoms. The summed E-state index contributed by atoms with van der Waals surface area (Å²) in [6, 6.07) is 8.30. The molecular weight excluding hydrogens is 326 g/mol. The van der Waals surface area contributed by atoms with Crippen molar-refractivity contribution in [3.8, 4) is 5.75 Å². The summed E-state index contributed by atoms with van der Waals surface area (Å²) < 4.78 is 0. The number of nitrogen functional groups attached to an aromatic ring is 1. The first-order valence-corrected chi connectivity index (χ1v) is 8.26. The standard InChI is InChI=1S/C18H20ClN3O2/c19-15-7-11(3-6-17(15)23)18(24)22-9-14-12(10-1-2-10)4-5-16(21)13(14)8-20/h3-7,10,23H,1-2,8-9,20-21H2,(H,22,24). The van der Waals surface area contributed by atoms with E-state index in [1.54, 1.807) is 0 Å². The Hall–Kier alpha value is -2.24. The summed E-state index contributed by atoms with van der Waals surface area (Å²) in [6.07, 6.45) is 2.31. The van der Waals surface area contributed by atoms with Gasteiger partial charge in [-0.25, -0.2) is 0 Å². The number of phenolic OH excluding ortho intramolecular Hbond substituents is 1. The molecule has 1 fully saturated rings. The molecule has 3 rings (SSSR count). The minimum atomic E-state index is -0.260. The summed E-state index contributed by atoms with van der Waals surface area (Å²) in [6.45, 7) is 0.698. The van der Waals surface area contributed by atoms with Crippen molar-refractivity contribution >= 4 is 23.2 Å². The number of amides is 1. The largest absolute Gasteiger partial charge is 0.506 e. The van der Waals surface area contributed by atoms with Crippen molar-refractivity contribution in [1.29, 1.82) is 0 Å². The molecule has 2 aromatic carbocycles. The van der Waals surface area contributed by atoms with Gasteiger partial charge in [-0.1, -0.05) is 17.7 Å². The first kappa shape index (κ1) is 16.6. The van der Waals surface area contributed by atoms with Crippen molar-refractivity contribution < 1.29 is 9.90 Å². The molecule has 6 N–H and O–H groups in total. The van der Waals surface area contributed by atoms with E-state index in [0.29, 0.717) is 30.3 Å². The van der Waals surface area contributed by atoms with E-state index in [1.807, 2.05) is 12.1 Å². The Kier molecular flexibility index (Phi) is 4.64. The van der Waals surface area contributed by atoms with Crippen LogP contribution in [-0.2, 0) is 13.1 Å². The lowest BCUT2D eigenvalue weighted by Crippen LogP contribution is -2.25. The number of anilines is 1. The van der Waals surface area contributed by atoms with Crippen LogP contribution in [0.2, 0.25) is 5.02 Å². The van der Waals surface area contributed by atoms with E-state index in [4.69, 9.17) is 23.1 Å². The van der Waals surface area contributed by atoms with Crippen molar-refractivity contribution in [3.05, 3.63) is 57.6 Å². The number of halogens is 1. The molecular formula is C18H20ClN3O2. The third-order valence-corrected chi connectivity index (χ3v) is 4.66. The molecule has 5 nitrogen and oxygen atoms in total. The normalized spacial score (nSPS) is 13.8. The number of carbonyl (C=O) groups excluding carboxylic acids is 1. The van der Waals surface area contributed by atoms with Crippen LogP contribution in [0.1, 0.15) is 45.8 Å². The second-order valence-electron chi connectivity index (χ2n) is 6.03. The van der Waals surface area contributed by atoms with Crippen molar-refractivity contribution in [1.82, 2.24) is 5.32 Å². The Morgan fingerprint density at radius 2 is 2.00 bits per heavy atom. The van der Waals surface area contributed by atoms with E-state index >= 15 is 0 Å². The number of nitrogens with two attached hydrogens (primary N) is 2. The molecule has 0 aliphatic heterocycles. The van der Waals surface area contributed by atoms with Gasteiger partial charge in [0.1, 0.15) is 5.75 Å². The molecule has 1 saturated carbocycles. The van der Waals surface area contributed by atoms with E-state index < -0.39 is 0 Å². The molecule has 0 heterocycles. The molecule has 1 aliphatic rings. The number of rotatable bonds is 5. The summed E-state index contributed by atoms with van der Waals surface area (Å²) >= 11 is 5.86. The van der Waals surface area contributed by atoms with Gasteiger partial charge in [-0.3, -0.25) is 4.79 Å². The summed E-state index contributed by atoms with van der Waals surface area (Å²) in [5, 5.41) is 12.5. The number of phenols is 1. The van der Waals surface area contributed by atoms with Crippen LogP contribution >= 0.6 is 11.6 Å². The van der Waals surface area contributed by atoms with E-state index in [-0.39, 0.29) is 16.7 Å². The number of hydrogen-bond donors (Lipinski definition) is 4. The van der Waals surface area contributed by atoms with Crippen LogP contribution in [0.15, 0.2) is 30.3 Å². The van der Waals surface area contributed by atoms with Crippen LogP contribution in [0.25, 0.3) is 0 Å². The fourth-order valence-electron chi connectivity index (χ4n) is 2.87. The van der Waals surface area contributed by atoms with E-state index in [9.17, 15) is 9.90 Å². The van der Waals surface area contributed by atoms with Gasteiger partial charge < -0.3 is 21.9 Å². The van der Waals surface area contributed by atoms with Crippen LogP contribution in [0.5, 0.6) is 5.75 Å². The maximum Gasteiger partial charge on any atom is 0.251 e. The average Bonchev–Trinajstić information content (AvgIpc) is 3.40. The summed E-state index contributed by atoms with van der Waals surface area (Å²) in [7, 11) is 0. The van der Waals surface area contributed by atoms with E-state index in [2.05, 4.69) is 5.32 Å². The van der Waals surface area contributed by atoms with Gasteiger partial charge in [-0.2, -0.15) is 0 Å². The van der Waals surface area contributed by atoms with Crippen molar-refractivity contribution in [3.63, 3.8) is 0 Å². The Morgan fingerprint density at radius 1 is 1.25 bits per heavy atom. The minimum Gasteiger partial charge on any atom is -0.506 e. The maximum atomic E-state index is 12.3. The predicted octanol–water partition coefficient (Wildman–Crippen LogP) is 2.89. The topological polar surface area (TPSA) is 101 Å². The highest BCUT2D eigenvalue weighted by Gasteiger charge is 2.27. The number of carbonyl (C=O) groups is 1. The minimum absolute atomic E-state index is 0.0505. The molecule has 126 valence electrons. The van der Waals surface area contributed by atoms with Crippen molar-refractivity contribution in [2.45, 2.75) is 31.8 Å². The van der Waals surface area contributed by atoms with Gasteiger partial charge in [-0.15, -0.1) is 0 Å². The third kappa shape index (κ3) is 3.32. The fraction of sp³-hybridized carbons (Fsp3) is 0.278. The van der Waals surface area contributed by atoms with Crippen molar-refractivity contribution in [2.24, 2.45) is 5.73 Å². The first-order chi connectivity index (χ1) is 11.5. The van der Waals surface area contributed by atoms with Gasteiger partial charge in [0.05, 0.1) is 5.02 Å². The predicted molar refractivity (Wildman–Crippen MR) is 95.0 cm³/mol. The van der Waals surface area contributed by atoms with Gasteiger partial charge in [-0.05, 0) is 59.7 Å². The number of benzene rings is 2. The molecule has 24 heavy (non-hydrogen) atoms. The summed E-state index contributed by atoms with van der Waals surface area (Å²) in [5.74, 6) is 0.223. The van der Waals surface area contributed by atoms with E-state index in [0.717, 1.165) is 24.0 Å². The molecule has 1 amide bonds. The molecule has 0 spiro atoms. The van der Waals surface area contributed by atoms with Gasteiger partial charge >= 0.3 is 0 Å². The van der Waals surface area contributed by atoms with Crippen molar-refractivity contribution in [2.75, 3.05) is 5.73 Å². The Bertz CT molecular complexity index is 788. The molecule has 0 unspecified atom stereocenters. The van der Waals surface area contributed by atoms with E-state index in [1.165, 1.54) is 23.8 Å². The van der Waals surface area contributed by atoms with Gasteiger partial charge in [0.15, 0.2) is 0 Å². The van der Waals surface area contributed by atoms with Crippen LogP contribution in [-0.4, -0.2) is 11.0 Å². The Morgan fingerprint density at radius 3 is 2.62 bits per heavy atom. The number of aromatic hydroxyl groups is 1. The average molecular weight is 346 g/mol. The van der Waals surface area contributed by atoms with Crippen LogP contribution < -0.4 is 16.8 Å². The highest BCUT2D eigenvalue weighted by molar-refractivity contribution is 6.32. The SMILES string of the molecule is NCc1c(N)ccc(C2CC2)c1CNC(=O)c1ccc(O)c(Cl)c1. The molecule has 0 radical (unpaired) electrons. The summed E-state index contributed by atoms with van der Waals surface area (Å²) in [4.78, 5) is 12.3. The smallest absolute Gasteiger partial charge is 0.251 e. The van der Waals surface area contributed by atoms with Gasteiger partial charge in [0, 0.05) is 24.3 Å². The van der Waals surface area contributed by atoms with Gasteiger partial charge in [0.25, 0.3) is 5.91 Å². The van der Waals surface area contributed by atoms with Crippen LogP contribution in [0, 0.1) is 0 Å². The molecule has 0 aromatic heterocycles. The zero-order valence-electron chi connectivity index (χ0n) is 13.2. The Labute approximate surface area is 145 Å². The fourth-order valence-corrected chi connectivity index (χ4v) is 3.06. The first-order valence-electron chi connectivity index (χ1n) is 7.88.